The van der Waals surface area contributed by atoms with E-state index in [9.17, 15) is 43.2 Å². The molecule has 0 saturated carbocycles. The Labute approximate surface area is 612 Å². The first-order valence-electron chi connectivity index (χ1n) is 41.9. The van der Waals surface area contributed by atoms with Crippen molar-refractivity contribution in [2.75, 3.05) is 39.6 Å². The third-order valence-electron chi connectivity index (χ3n) is 18.8. The molecule has 0 aliphatic heterocycles. The summed E-state index contributed by atoms with van der Waals surface area (Å²) in [4.78, 5) is 73.1. The zero-order valence-corrected chi connectivity index (χ0v) is 66.7. The van der Waals surface area contributed by atoms with Crippen LogP contribution in [-0.2, 0) is 65.4 Å². The van der Waals surface area contributed by atoms with Crippen molar-refractivity contribution in [2.45, 2.75) is 444 Å². The largest absolute Gasteiger partial charge is 0.472 e. The fourth-order valence-electron chi connectivity index (χ4n) is 12.3. The number of phosphoric ester groups is 2. The van der Waals surface area contributed by atoms with Crippen LogP contribution in [0.2, 0.25) is 0 Å². The lowest BCUT2D eigenvalue weighted by atomic mass is 10.0. The lowest BCUT2D eigenvalue weighted by molar-refractivity contribution is -0.161. The molecule has 17 nitrogen and oxygen atoms in total. The van der Waals surface area contributed by atoms with Crippen LogP contribution in [0.5, 0.6) is 0 Å². The van der Waals surface area contributed by atoms with E-state index < -0.39 is 97.5 Å². The van der Waals surface area contributed by atoms with Crippen molar-refractivity contribution < 1.29 is 80.2 Å². The third kappa shape index (κ3) is 74.1. The number of esters is 4. The summed E-state index contributed by atoms with van der Waals surface area (Å²) in [6.45, 7) is 5.01. The Morgan fingerprint density at radius 2 is 0.460 bits per heavy atom. The van der Waals surface area contributed by atoms with E-state index in [1.165, 1.54) is 238 Å². The van der Waals surface area contributed by atoms with E-state index in [0.717, 1.165) is 109 Å². The van der Waals surface area contributed by atoms with Crippen molar-refractivity contribution >= 4 is 39.5 Å². The average Bonchev–Trinajstić information content (AvgIpc) is 0.933. The number of phosphoric acid groups is 2. The van der Waals surface area contributed by atoms with Crippen molar-refractivity contribution in [3.05, 3.63) is 12.2 Å². The van der Waals surface area contributed by atoms with E-state index in [4.69, 9.17) is 37.0 Å². The second kappa shape index (κ2) is 75.0. The average molecular weight is 1460 g/mol. The predicted molar refractivity (Wildman–Crippen MR) is 409 cm³/mol. The molecule has 19 heteroatoms. The number of rotatable bonds is 81. The molecule has 5 atom stereocenters. The van der Waals surface area contributed by atoms with E-state index in [1.807, 2.05) is 0 Å². The minimum Gasteiger partial charge on any atom is -0.462 e. The molecule has 2 unspecified atom stereocenters. The zero-order valence-electron chi connectivity index (χ0n) is 64.9. The fraction of sp³-hybridized carbons (Fsp3) is 0.926. The molecule has 0 aromatic carbocycles. The van der Waals surface area contributed by atoms with Gasteiger partial charge in [0.15, 0.2) is 12.2 Å². The van der Waals surface area contributed by atoms with Crippen LogP contribution in [0.3, 0.4) is 0 Å². The van der Waals surface area contributed by atoms with Crippen LogP contribution in [0.25, 0.3) is 0 Å². The fourth-order valence-corrected chi connectivity index (χ4v) is 13.9. The van der Waals surface area contributed by atoms with Gasteiger partial charge in [0.1, 0.15) is 19.3 Å². The minimum atomic E-state index is -4.96. The van der Waals surface area contributed by atoms with Gasteiger partial charge in [-0.1, -0.05) is 361 Å². The number of unbranched alkanes of at least 4 members (excludes halogenated alkanes) is 53. The number of allylic oxidation sites excluding steroid dienone is 2. The van der Waals surface area contributed by atoms with Crippen molar-refractivity contribution in [2.24, 2.45) is 0 Å². The standard InChI is InChI=1S/C81H156O17P2/c1-5-9-13-17-21-25-29-33-36-37-40-44-48-52-56-60-64-68-81(86)98-77(72-92-79(84)66-62-58-54-50-46-42-38-34-30-26-22-18-14-10-6-2)74-96-100(89,90)94-70-75(82)69-93-99(87,88)95-73-76(71-91-78(83)65-61-57-53-49-45-41-32-28-24-20-16-12-8-4)97-80(85)67-63-59-55-51-47-43-39-35-31-27-23-19-15-11-7-3/h34,38,75-77,82H,5-33,35-37,39-74H2,1-4H3,(H,87,88)(H,89,90)/b38-34-/t75-,76+,77+/m0/s1. The quantitative estimate of drug-likeness (QED) is 0.0169. The molecule has 0 heterocycles. The van der Waals surface area contributed by atoms with Crippen molar-refractivity contribution in [1.82, 2.24) is 0 Å². The van der Waals surface area contributed by atoms with Gasteiger partial charge in [-0.15, -0.1) is 0 Å². The molecule has 0 radical (unpaired) electrons. The summed E-state index contributed by atoms with van der Waals surface area (Å²) in [5.41, 5.74) is 0. The maximum atomic E-state index is 13.1. The summed E-state index contributed by atoms with van der Waals surface area (Å²) in [5.74, 6) is -2.12. The van der Waals surface area contributed by atoms with Gasteiger partial charge in [-0.2, -0.15) is 0 Å². The lowest BCUT2D eigenvalue weighted by Crippen LogP contribution is -2.30. The lowest BCUT2D eigenvalue weighted by Gasteiger charge is -2.21. The topological polar surface area (TPSA) is 237 Å². The minimum absolute atomic E-state index is 0.105. The van der Waals surface area contributed by atoms with Crippen LogP contribution in [0.15, 0.2) is 12.2 Å². The molecule has 0 saturated heterocycles. The van der Waals surface area contributed by atoms with Crippen LogP contribution in [-0.4, -0.2) is 96.7 Å². The Hall–Kier alpha value is -2.20. The summed E-state index contributed by atoms with van der Waals surface area (Å²) in [7, 11) is -9.92. The maximum absolute atomic E-state index is 13.1. The molecule has 0 bridgehead atoms. The molecular formula is C81H156O17P2. The first kappa shape index (κ1) is 97.8. The summed E-state index contributed by atoms with van der Waals surface area (Å²) in [6, 6.07) is 0. The molecular weight excluding hydrogens is 1310 g/mol. The van der Waals surface area contributed by atoms with Gasteiger partial charge in [0.2, 0.25) is 0 Å². The normalized spacial score (nSPS) is 13.9. The van der Waals surface area contributed by atoms with Crippen LogP contribution in [0.1, 0.15) is 426 Å². The molecule has 592 valence electrons. The highest BCUT2D eigenvalue weighted by Crippen LogP contribution is 2.45. The smallest absolute Gasteiger partial charge is 0.462 e. The van der Waals surface area contributed by atoms with Gasteiger partial charge in [-0.25, -0.2) is 9.13 Å². The van der Waals surface area contributed by atoms with E-state index in [-0.39, 0.29) is 25.7 Å². The van der Waals surface area contributed by atoms with Gasteiger partial charge in [0.25, 0.3) is 0 Å². The van der Waals surface area contributed by atoms with E-state index in [2.05, 4.69) is 39.8 Å². The number of aliphatic hydroxyl groups excluding tert-OH is 1. The Kier molecular flexibility index (Phi) is 73.4. The molecule has 0 aromatic rings. The van der Waals surface area contributed by atoms with Gasteiger partial charge in [0, 0.05) is 25.7 Å². The van der Waals surface area contributed by atoms with Gasteiger partial charge < -0.3 is 33.8 Å². The van der Waals surface area contributed by atoms with Gasteiger partial charge in [0.05, 0.1) is 26.4 Å². The highest BCUT2D eigenvalue weighted by Gasteiger charge is 2.30. The van der Waals surface area contributed by atoms with Crippen LogP contribution >= 0.6 is 15.6 Å². The number of hydrogen-bond donors (Lipinski definition) is 3. The molecule has 0 spiro atoms. The summed E-state index contributed by atoms with van der Waals surface area (Å²) < 4.78 is 68.7. The molecule has 0 aliphatic rings. The van der Waals surface area contributed by atoms with Crippen LogP contribution < -0.4 is 0 Å². The molecule has 3 N–H and O–H groups in total. The number of carbonyl (C=O) groups is 4. The van der Waals surface area contributed by atoms with Gasteiger partial charge >= 0.3 is 39.5 Å². The summed E-state index contributed by atoms with van der Waals surface area (Å²) in [6.07, 6.45) is 68.9. The van der Waals surface area contributed by atoms with Crippen LogP contribution in [0, 0.1) is 0 Å². The molecule has 100 heavy (non-hydrogen) atoms. The Balaban J connectivity index is 5.28. The summed E-state index contributed by atoms with van der Waals surface area (Å²) in [5, 5.41) is 10.6. The second-order valence-corrected chi connectivity index (χ2v) is 31.7. The summed E-state index contributed by atoms with van der Waals surface area (Å²) >= 11 is 0. The monoisotopic (exact) mass is 1460 g/mol. The van der Waals surface area contributed by atoms with E-state index in [0.29, 0.717) is 25.7 Å². The van der Waals surface area contributed by atoms with Crippen molar-refractivity contribution in [1.29, 1.82) is 0 Å². The number of hydrogen-bond acceptors (Lipinski definition) is 15. The number of aliphatic hydroxyl groups is 1. The van der Waals surface area contributed by atoms with E-state index >= 15 is 0 Å². The Bertz CT molecular complexity index is 1940. The van der Waals surface area contributed by atoms with Crippen molar-refractivity contribution in [3.63, 3.8) is 0 Å². The molecule has 0 aliphatic carbocycles. The highest BCUT2D eigenvalue weighted by atomic mass is 31.2. The Morgan fingerprint density at radius 1 is 0.270 bits per heavy atom. The maximum Gasteiger partial charge on any atom is 0.472 e. The third-order valence-corrected chi connectivity index (χ3v) is 20.7. The molecule has 0 rings (SSSR count). The molecule has 0 amide bonds. The van der Waals surface area contributed by atoms with Gasteiger partial charge in [-0.05, 0) is 51.4 Å². The van der Waals surface area contributed by atoms with E-state index in [1.54, 1.807) is 0 Å². The van der Waals surface area contributed by atoms with Gasteiger partial charge in [-0.3, -0.25) is 37.3 Å². The first-order chi connectivity index (χ1) is 48.7. The zero-order chi connectivity index (χ0) is 73.2. The number of carbonyl (C=O) groups excluding carboxylic acids is 4. The predicted octanol–water partition coefficient (Wildman–Crippen LogP) is 24.3. The first-order valence-corrected chi connectivity index (χ1v) is 44.9. The highest BCUT2D eigenvalue weighted by molar-refractivity contribution is 7.47. The molecule has 0 aromatic heterocycles. The second-order valence-electron chi connectivity index (χ2n) is 28.8. The SMILES string of the molecule is CCCCCCCC/C=C\CCCCCCCC(=O)OC[C@H](COP(=O)(O)OC[C@@H](O)COP(=O)(O)OC[C@@H](COC(=O)CCCCCCCCCCCCCCC)OC(=O)CCCCCCCCCCCCCCCCC)OC(=O)CCCCCCCCCCCCCCCCCCC. The number of ether oxygens (including phenoxy) is 4. The van der Waals surface area contributed by atoms with Crippen LogP contribution in [0.4, 0.5) is 0 Å². The Morgan fingerprint density at radius 3 is 0.690 bits per heavy atom. The van der Waals surface area contributed by atoms with Crippen molar-refractivity contribution in [3.8, 4) is 0 Å². The molecule has 0 fully saturated rings.